The van der Waals surface area contributed by atoms with Gasteiger partial charge in [0.15, 0.2) is 0 Å². The summed E-state index contributed by atoms with van der Waals surface area (Å²) in [6.07, 6.45) is 8.10. The molecule has 208 valence electrons. The molecular formula is C35H42N4O. The van der Waals surface area contributed by atoms with Crippen LogP contribution in [0.15, 0.2) is 91.0 Å². The number of benzene rings is 3. The lowest BCUT2D eigenvalue weighted by Crippen LogP contribution is -2.53. The molecule has 0 aromatic heterocycles. The Labute approximate surface area is 239 Å². The highest BCUT2D eigenvalue weighted by atomic mass is 16.2. The molecule has 1 aliphatic carbocycles. The van der Waals surface area contributed by atoms with Gasteiger partial charge in [0.05, 0.1) is 12.1 Å². The molecule has 5 heteroatoms. The minimum atomic E-state index is -0.981. The van der Waals surface area contributed by atoms with E-state index in [0.29, 0.717) is 6.04 Å². The van der Waals surface area contributed by atoms with E-state index >= 15 is 0 Å². The van der Waals surface area contributed by atoms with Crippen molar-refractivity contribution in [1.29, 1.82) is 5.26 Å². The summed E-state index contributed by atoms with van der Waals surface area (Å²) in [6.45, 7) is 4.29. The summed E-state index contributed by atoms with van der Waals surface area (Å²) >= 11 is 0. The van der Waals surface area contributed by atoms with Crippen LogP contribution in [0.2, 0.25) is 0 Å². The van der Waals surface area contributed by atoms with E-state index in [1.165, 1.54) is 31.4 Å². The van der Waals surface area contributed by atoms with Crippen LogP contribution in [-0.4, -0.2) is 36.1 Å². The maximum atomic E-state index is 13.2. The summed E-state index contributed by atoms with van der Waals surface area (Å²) in [5.41, 5.74) is 2.23. The second kappa shape index (κ2) is 13.2. The van der Waals surface area contributed by atoms with Crippen molar-refractivity contribution in [2.24, 2.45) is 5.92 Å². The van der Waals surface area contributed by atoms with E-state index in [9.17, 15) is 10.1 Å². The molecule has 2 amide bonds. The molecular weight excluding hydrogens is 492 g/mol. The van der Waals surface area contributed by atoms with E-state index < -0.39 is 11.5 Å². The molecule has 1 saturated carbocycles. The SMILES string of the molecule is CC(NC(=O)NC1CCC(CCN2CCCC2c2ccccc2)CC1)C(C#N)(c1ccccc1)c1ccccc1. The third kappa shape index (κ3) is 6.24. The number of carbonyl (C=O) groups is 1. The maximum absolute atomic E-state index is 13.2. The van der Waals surface area contributed by atoms with Gasteiger partial charge in [-0.15, -0.1) is 0 Å². The van der Waals surface area contributed by atoms with Crippen LogP contribution < -0.4 is 10.6 Å². The van der Waals surface area contributed by atoms with Gasteiger partial charge in [-0.3, -0.25) is 4.90 Å². The second-order valence-corrected chi connectivity index (χ2v) is 11.6. The molecule has 2 fully saturated rings. The van der Waals surface area contributed by atoms with Crippen LogP contribution in [0.3, 0.4) is 0 Å². The molecule has 2 unspecified atom stereocenters. The Morgan fingerprint density at radius 1 is 0.900 bits per heavy atom. The van der Waals surface area contributed by atoms with Gasteiger partial charge in [-0.05, 0) is 87.6 Å². The van der Waals surface area contributed by atoms with E-state index in [1.54, 1.807) is 0 Å². The standard InChI is InChI=1S/C35H42N4O/c1-27(35(26-36,30-14-7-3-8-15-30)31-16-9-4-10-17-31)37-34(40)38-32-21-19-28(20-22-32)23-25-39-24-11-18-33(39)29-12-5-2-6-13-29/h2-10,12-17,27-28,32-33H,11,18-25H2,1H3,(H2,37,38,40). The first kappa shape index (κ1) is 27.9. The molecule has 0 radical (unpaired) electrons. The number of hydrogen-bond donors (Lipinski definition) is 2. The lowest BCUT2D eigenvalue weighted by atomic mass is 9.70. The number of hydrogen-bond acceptors (Lipinski definition) is 3. The zero-order valence-electron chi connectivity index (χ0n) is 23.6. The number of carbonyl (C=O) groups excluding carboxylic acids is 1. The Hall–Kier alpha value is -3.62. The van der Waals surface area contributed by atoms with Gasteiger partial charge in [-0.1, -0.05) is 91.0 Å². The fourth-order valence-electron chi connectivity index (χ4n) is 6.92. The third-order valence-corrected chi connectivity index (χ3v) is 9.19. The van der Waals surface area contributed by atoms with Gasteiger partial charge < -0.3 is 10.6 Å². The van der Waals surface area contributed by atoms with Crippen LogP contribution in [0.1, 0.15) is 74.6 Å². The van der Waals surface area contributed by atoms with Crippen molar-refractivity contribution in [2.75, 3.05) is 13.1 Å². The molecule has 1 heterocycles. The lowest BCUT2D eigenvalue weighted by Gasteiger charge is -2.35. The van der Waals surface area contributed by atoms with Gasteiger partial charge in [0.1, 0.15) is 5.41 Å². The Morgan fingerprint density at radius 2 is 1.48 bits per heavy atom. The van der Waals surface area contributed by atoms with Crippen molar-refractivity contribution >= 4 is 6.03 Å². The average Bonchev–Trinajstić information content (AvgIpc) is 3.48. The molecule has 2 aliphatic rings. The summed E-state index contributed by atoms with van der Waals surface area (Å²) in [4.78, 5) is 15.8. The number of likely N-dealkylation sites (tertiary alicyclic amines) is 1. The van der Waals surface area contributed by atoms with E-state index in [0.717, 1.165) is 49.3 Å². The number of amides is 2. The highest BCUT2D eigenvalue weighted by molar-refractivity contribution is 5.75. The number of rotatable bonds is 9. The Balaban J connectivity index is 1.13. The summed E-state index contributed by atoms with van der Waals surface area (Å²) < 4.78 is 0. The number of urea groups is 1. The Bertz CT molecular complexity index is 1210. The summed E-state index contributed by atoms with van der Waals surface area (Å²) in [6, 6.07) is 33.2. The number of nitrogens with one attached hydrogen (secondary N) is 2. The molecule has 3 aromatic carbocycles. The highest BCUT2D eigenvalue weighted by Gasteiger charge is 2.41. The molecule has 1 aliphatic heterocycles. The minimum Gasteiger partial charge on any atom is -0.335 e. The predicted octanol–water partition coefficient (Wildman–Crippen LogP) is 6.97. The first-order chi connectivity index (χ1) is 19.6. The fraction of sp³-hybridized carbons (Fsp3) is 0.429. The lowest BCUT2D eigenvalue weighted by molar-refractivity contribution is 0.202. The molecule has 2 N–H and O–H groups in total. The Morgan fingerprint density at radius 3 is 2.05 bits per heavy atom. The topological polar surface area (TPSA) is 68.2 Å². The van der Waals surface area contributed by atoms with E-state index in [4.69, 9.17) is 0 Å². The normalized spacial score (nSPS) is 22.2. The molecule has 0 bridgehead atoms. The van der Waals surface area contributed by atoms with E-state index in [1.807, 2.05) is 67.6 Å². The zero-order chi connectivity index (χ0) is 27.8. The van der Waals surface area contributed by atoms with Crippen molar-refractivity contribution in [1.82, 2.24) is 15.5 Å². The van der Waals surface area contributed by atoms with E-state index in [-0.39, 0.29) is 12.1 Å². The smallest absolute Gasteiger partial charge is 0.315 e. The van der Waals surface area contributed by atoms with Crippen LogP contribution in [-0.2, 0) is 5.41 Å². The molecule has 1 saturated heterocycles. The summed E-state index contributed by atoms with van der Waals surface area (Å²) in [5.74, 6) is 0.722. The maximum Gasteiger partial charge on any atom is 0.315 e. The largest absolute Gasteiger partial charge is 0.335 e. The molecule has 40 heavy (non-hydrogen) atoms. The Kier molecular flexibility index (Phi) is 9.19. The van der Waals surface area contributed by atoms with Crippen LogP contribution in [0.4, 0.5) is 4.79 Å². The zero-order valence-corrected chi connectivity index (χ0v) is 23.6. The predicted molar refractivity (Wildman–Crippen MR) is 161 cm³/mol. The van der Waals surface area contributed by atoms with Crippen molar-refractivity contribution in [3.05, 3.63) is 108 Å². The third-order valence-electron chi connectivity index (χ3n) is 9.19. The molecule has 2 atom stereocenters. The van der Waals surface area contributed by atoms with Crippen LogP contribution in [0, 0.1) is 17.2 Å². The van der Waals surface area contributed by atoms with E-state index in [2.05, 4.69) is 51.9 Å². The quantitative estimate of drug-likeness (QED) is 0.311. The first-order valence-corrected chi connectivity index (χ1v) is 15.0. The molecule has 3 aromatic rings. The van der Waals surface area contributed by atoms with Gasteiger partial charge in [0, 0.05) is 12.1 Å². The first-order valence-electron chi connectivity index (χ1n) is 15.0. The van der Waals surface area contributed by atoms with Crippen molar-refractivity contribution in [3.8, 4) is 6.07 Å². The monoisotopic (exact) mass is 534 g/mol. The van der Waals surface area contributed by atoms with Gasteiger partial charge in [0.25, 0.3) is 0 Å². The fourth-order valence-corrected chi connectivity index (χ4v) is 6.92. The molecule has 0 spiro atoms. The van der Waals surface area contributed by atoms with Gasteiger partial charge in [-0.2, -0.15) is 5.26 Å². The van der Waals surface area contributed by atoms with Gasteiger partial charge in [-0.25, -0.2) is 4.79 Å². The van der Waals surface area contributed by atoms with Crippen molar-refractivity contribution < 1.29 is 4.79 Å². The second-order valence-electron chi connectivity index (χ2n) is 11.6. The van der Waals surface area contributed by atoms with Gasteiger partial charge >= 0.3 is 6.03 Å². The number of nitriles is 1. The van der Waals surface area contributed by atoms with Crippen molar-refractivity contribution in [3.63, 3.8) is 0 Å². The van der Waals surface area contributed by atoms with Crippen LogP contribution in [0.5, 0.6) is 0 Å². The van der Waals surface area contributed by atoms with Crippen LogP contribution >= 0.6 is 0 Å². The van der Waals surface area contributed by atoms with Crippen molar-refractivity contribution in [2.45, 2.75) is 75.4 Å². The molecule has 5 nitrogen and oxygen atoms in total. The molecule has 5 rings (SSSR count). The number of nitrogens with zero attached hydrogens (tertiary/aromatic N) is 2. The summed E-state index contributed by atoms with van der Waals surface area (Å²) in [5, 5.41) is 16.9. The van der Waals surface area contributed by atoms with Gasteiger partial charge in [0.2, 0.25) is 0 Å². The average molecular weight is 535 g/mol. The summed E-state index contributed by atoms with van der Waals surface area (Å²) in [7, 11) is 0. The minimum absolute atomic E-state index is 0.178. The van der Waals surface area contributed by atoms with Crippen LogP contribution in [0.25, 0.3) is 0 Å². The highest BCUT2D eigenvalue weighted by Crippen LogP contribution is 2.36.